The number of rotatable bonds is 1. The third kappa shape index (κ3) is 1.76. The Bertz CT molecular complexity index is 639. The van der Waals surface area contributed by atoms with E-state index in [1.165, 1.54) is 18.2 Å². The van der Waals surface area contributed by atoms with Crippen molar-refractivity contribution in [3.63, 3.8) is 0 Å². The number of hydrogen-bond donors (Lipinski definition) is 1. The third-order valence-electron chi connectivity index (χ3n) is 3.80. The van der Waals surface area contributed by atoms with E-state index in [1.54, 1.807) is 18.2 Å². The molecule has 1 aliphatic heterocycles. The Kier molecular flexibility index (Phi) is 2.74. The molecule has 0 fully saturated rings. The van der Waals surface area contributed by atoms with Crippen molar-refractivity contribution in [1.82, 2.24) is 0 Å². The highest BCUT2D eigenvalue weighted by Gasteiger charge is 2.41. The first-order valence-electron chi connectivity index (χ1n) is 6.46. The van der Waals surface area contributed by atoms with Gasteiger partial charge in [0.15, 0.2) is 23.6 Å². The molecule has 4 nitrogen and oxygen atoms in total. The summed E-state index contributed by atoms with van der Waals surface area (Å²) in [5.41, 5.74) is 0.523. The number of ether oxygens (including phenoxy) is 1. The molecule has 0 saturated heterocycles. The number of aldehydes is 1. The molecule has 1 unspecified atom stereocenters. The quantitative estimate of drug-likeness (QED) is 0.795. The molecule has 2 aliphatic rings. The van der Waals surface area contributed by atoms with Crippen LogP contribution in [0.2, 0.25) is 0 Å². The van der Waals surface area contributed by atoms with Crippen molar-refractivity contribution in [3.8, 4) is 11.5 Å². The van der Waals surface area contributed by atoms with E-state index >= 15 is 0 Å². The van der Waals surface area contributed by atoms with Crippen LogP contribution in [-0.4, -0.2) is 23.3 Å². The molecular weight excluding hydrogens is 256 g/mol. The van der Waals surface area contributed by atoms with E-state index in [1.807, 2.05) is 6.92 Å². The van der Waals surface area contributed by atoms with E-state index in [0.717, 1.165) is 6.29 Å². The summed E-state index contributed by atoms with van der Waals surface area (Å²) < 4.78 is 5.70. The lowest BCUT2D eigenvalue weighted by Gasteiger charge is -2.39. The van der Waals surface area contributed by atoms with Gasteiger partial charge in [-0.05, 0) is 31.2 Å². The summed E-state index contributed by atoms with van der Waals surface area (Å²) >= 11 is 0. The van der Waals surface area contributed by atoms with Gasteiger partial charge >= 0.3 is 0 Å². The van der Waals surface area contributed by atoms with Crippen molar-refractivity contribution in [2.24, 2.45) is 0 Å². The Labute approximate surface area is 116 Å². The van der Waals surface area contributed by atoms with Crippen LogP contribution in [-0.2, 0) is 10.2 Å². The van der Waals surface area contributed by atoms with Gasteiger partial charge in [0.25, 0.3) is 0 Å². The molecule has 4 heteroatoms. The van der Waals surface area contributed by atoms with Crippen molar-refractivity contribution in [2.45, 2.75) is 24.9 Å². The molecule has 1 spiro atoms. The lowest BCUT2D eigenvalue weighted by Crippen LogP contribution is -2.36. The maximum absolute atomic E-state index is 11.4. The molecule has 1 heterocycles. The molecule has 1 aromatic rings. The van der Waals surface area contributed by atoms with Gasteiger partial charge in [0.2, 0.25) is 0 Å². The third-order valence-corrected chi connectivity index (χ3v) is 3.80. The summed E-state index contributed by atoms with van der Waals surface area (Å²) in [6.45, 7) is 1.90. The SMILES string of the molecule is CC1CC2(C=CC(=O)C=C2)c2c(C=O)ccc(O)c2O1. The number of allylic oxidation sites excluding steroid dienone is 4. The van der Waals surface area contributed by atoms with Crippen LogP contribution in [0.4, 0.5) is 0 Å². The minimum Gasteiger partial charge on any atom is -0.504 e. The Balaban J connectivity index is 2.29. The summed E-state index contributed by atoms with van der Waals surface area (Å²) in [5, 5.41) is 10.0. The molecule has 102 valence electrons. The normalized spacial score (nSPS) is 22.4. The summed E-state index contributed by atoms with van der Waals surface area (Å²) in [7, 11) is 0. The van der Waals surface area contributed by atoms with Gasteiger partial charge in [-0.2, -0.15) is 0 Å². The number of carbonyl (C=O) groups excluding carboxylic acids is 2. The smallest absolute Gasteiger partial charge is 0.178 e. The zero-order chi connectivity index (χ0) is 14.3. The van der Waals surface area contributed by atoms with Gasteiger partial charge in [-0.15, -0.1) is 0 Å². The predicted molar refractivity (Wildman–Crippen MR) is 73.2 cm³/mol. The number of hydrogen-bond acceptors (Lipinski definition) is 4. The predicted octanol–water partition coefficient (Wildman–Crippen LogP) is 2.31. The number of ketones is 1. The zero-order valence-corrected chi connectivity index (χ0v) is 11.0. The number of aromatic hydroxyl groups is 1. The second-order valence-electron chi connectivity index (χ2n) is 5.24. The first kappa shape index (κ1) is 12.7. The van der Waals surface area contributed by atoms with Crippen LogP contribution in [0.15, 0.2) is 36.4 Å². The second-order valence-corrected chi connectivity index (χ2v) is 5.24. The highest BCUT2D eigenvalue weighted by molar-refractivity contribution is 6.01. The summed E-state index contributed by atoms with van der Waals surface area (Å²) in [6.07, 6.45) is 7.82. The fourth-order valence-corrected chi connectivity index (χ4v) is 2.98. The molecule has 0 radical (unpaired) electrons. The Morgan fingerprint density at radius 1 is 1.35 bits per heavy atom. The molecule has 1 aliphatic carbocycles. The molecule has 1 atom stereocenters. The molecule has 0 aromatic heterocycles. The number of benzene rings is 1. The lowest BCUT2D eigenvalue weighted by atomic mass is 9.70. The van der Waals surface area contributed by atoms with Gasteiger partial charge in [0, 0.05) is 23.0 Å². The summed E-state index contributed by atoms with van der Waals surface area (Å²) in [6, 6.07) is 3.02. The van der Waals surface area contributed by atoms with E-state index in [-0.39, 0.29) is 17.6 Å². The van der Waals surface area contributed by atoms with E-state index in [2.05, 4.69) is 0 Å². The first-order chi connectivity index (χ1) is 9.55. The first-order valence-corrected chi connectivity index (χ1v) is 6.46. The van der Waals surface area contributed by atoms with E-state index < -0.39 is 5.41 Å². The fraction of sp³-hybridized carbons (Fsp3) is 0.250. The van der Waals surface area contributed by atoms with Crippen LogP contribution >= 0.6 is 0 Å². The van der Waals surface area contributed by atoms with Crippen LogP contribution in [0, 0.1) is 0 Å². The number of phenols is 1. The Hall–Kier alpha value is -2.36. The van der Waals surface area contributed by atoms with Gasteiger partial charge < -0.3 is 9.84 Å². The van der Waals surface area contributed by atoms with Crippen molar-refractivity contribution in [2.75, 3.05) is 0 Å². The van der Waals surface area contributed by atoms with Crippen LogP contribution in [0.3, 0.4) is 0 Å². The van der Waals surface area contributed by atoms with E-state index in [0.29, 0.717) is 23.3 Å². The van der Waals surface area contributed by atoms with Crippen LogP contribution in [0.25, 0.3) is 0 Å². The van der Waals surface area contributed by atoms with E-state index in [4.69, 9.17) is 4.74 Å². The fourth-order valence-electron chi connectivity index (χ4n) is 2.98. The molecular formula is C16H14O4. The van der Waals surface area contributed by atoms with Crippen molar-refractivity contribution < 1.29 is 19.4 Å². The van der Waals surface area contributed by atoms with Gasteiger partial charge in [-0.1, -0.05) is 12.2 Å². The van der Waals surface area contributed by atoms with Crippen molar-refractivity contribution in [1.29, 1.82) is 0 Å². The number of fused-ring (bicyclic) bond motifs is 2. The molecule has 1 aromatic carbocycles. The highest BCUT2D eigenvalue weighted by Crippen LogP contribution is 2.49. The van der Waals surface area contributed by atoms with Crippen molar-refractivity contribution >= 4 is 12.1 Å². The maximum atomic E-state index is 11.4. The molecule has 20 heavy (non-hydrogen) atoms. The van der Waals surface area contributed by atoms with Gasteiger partial charge in [0.1, 0.15) is 0 Å². The standard InChI is InChI=1S/C16H14O4/c1-10-8-16(6-4-12(18)5-7-16)14-11(9-17)2-3-13(19)15(14)20-10/h2-7,9-10,19H,8H2,1H3. The summed E-state index contributed by atoms with van der Waals surface area (Å²) in [5.74, 6) is 0.261. The lowest BCUT2D eigenvalue weighted by molar-refractivity contribution is -0.110. The zero-order valence-electron chi connectivity index (χ0n) is 11.0. The van der Waals surface area contributed by atoms with Crippen LogP contribution < -0.4 is 4.74 Å². The Morgan fingerprint density at radius 3 is 2.70 bits per heavy atom. The molecule has 0 saturated carbocycles. The topological polar surface area (TPSA) is 63.6 Å². The maximum Gasteiger partial charge on any atom is 0.178 e. The van der Waals surface area contributed by atoms with Crippen LogP contribution in [0.5, 0.6) is 11.5 Å². The monoisotopic (exact) mass is 270 g/mol. The number of phenolic OH excluding ortho intramolecular Hbond substituents is 1. The second kappa shape index (κ2) is 4.34. The average molecular weight is 270 g/mol. The number of carbonyl (C=O) groups is 2. The molecule has 3 rings (SSSR count). The molecule has 0 amide bonds. The van der Waals surface area contributed by atoms with E-state index in [9.17, 15) is 14.7 Å². The minimum atomic E-state index is -0.574. The summed E-state index contributed by atoms with van der Waals surface area (Å²) in [4.78, 5) is 22.7. The highest BCUT2D eigenvalue weighted by atomic mass is 16.5. The van der Waals surface area contributed by atoms with Gasteiger partial charge in [-0.25, -0.2) is 0 Å². The van der Waals surface area contributed by atoms with Gasteiger partial charge in [-0.3, -0.25) is 9.59 Å². The van der Waals surface area contributed by atoms with Crippen LogP contribution in [0.1, 0.15) is 29.3 Å². The largest absolute Gasteiger partial charge is 0.504 e. The Morgan fingerprint density at radius 2 is 2.05 bits per heavy atom. The average Bonchev–Trinajstić information content (AvgIpc) is 2.43. The van der Waals surface area contributed by atoms with Crippen molar-refractivity contribution in [3.05, 3.63) is 47.6 Å². The van der Waals surface area contributed by atoms with Gasteiger partial charge in [0.05, 0.1) is 6.10 Å². The minimum absolute atomic E-state index is 0.00947. The molecule has 1 N–H and O–H groups in total. The molecule has 0 bridgehead atoms.